The van der Waals surface area contributed by atoms with Crippen molar-refractivity contribution in [3.8, 4) is 0 Å². The molecule has 0 saturated carbocycles. The molecule has 3 aromatic rings. The summed E-state index contributed by atoms with van der Waals surface area (Å²) in [4.78, 5) is 31.4. The number of hydrogen-bond donors (Lipinski definition) is 1. The molecule has 0 bridgehead atoms. The van der Waals surface area contributed by atoms with Crippen molar-refractivity contribution in [2.45, 2.75) is 6.42 Å². The molecule has 1 N–H and O–H groups in total. The fourth-order valence-corrected chi connectivity index (χ4v) is 3.38. The van der Waals surface area contributed by atoms with Gasteiger partial charge in [0, 0.05) is 17.7 Å². The van der Waals surface area contributed by atoms with E-state index in [-0.39, 0.29) is 12.2 Å². The summed E-state index contributed by atoms with van der Waals surface area (Å²) < 4.78 is 0. The molecule has 2 aliphatic rings. The van der Waals surface area contributed by atoms with Gasteiger partial charge in [-0.2, -0.15) is 0 Å². The van der Waals surface area contributed by atoms with Crippen molar-refractivity contribution in [3.63, 3.8) is 0 Å². The number of Topliss-reactive ketones (excluding diaryl/α,β-unsaturated/α-hetero) is 1. The average Bonchev–Trinajstić information content (AvgIpc) is 3.30. The van der Waals surface area contributed by atoms with Crippen LogP contribution in [0.3, 0.4) is 0 Å². The lowest BCUT2D eigenvalue weighted by molar-refractivity contribution is 0.0998. The van der Waals surface area contributed by atoms with Crippen LogP contribution in [0.15, 0.2) is 58.8 Å². The topological polar surface area (TPSA) is 73.7 Å². The first-order chi connectivity index (χ1) is 12.3. The zero-order chi connectivity index (χ0) is 16.8. The number of imidazole rings is 1. The number of para-hydroxylation sites is 1. The highest BCUT2D eigenvalue weighted by atomic mass is 16.1. The number of amidine groups is 2. The first-order valence-corrected chi connectivity index (χ1v) is 8.25. The van der Waals surface area contributed by atoms with Gasteiger partial charge in [-0.3, -0.25) is 9.79 Å². The fourth-order valence-electron chi connectivity index (χ4n) is 3.38. The van der Waals surface area contributed by atoms with Crippen molar-refractivity contribution in [3.05, 3.63) is 59.9 Å². The Kier molecular flexibility index (Phi) is 3.03. The number of aromatic nitrogens is 2. The number of H-pyrrole nitrogens is 1. The summed E-state index contributed by atoms with van der Waals surface area (Å²) >= 11 is 0. The van der Waals surface area contributed by atoms with E-state index in [1.807, 2.05) is 42.5 Å². The third-order valence-electron chi connectivity index (χ3n) is 4.61. The maximum atomic E-state index is 12.8. The molecule has 0 unspecified atom stereocenters. The van der Waals surface area contributed by atoms with E-state index in [1.165, 1.54) is 0 Å². The number of nitrogens with zero attached hydrogens (tertiary/aromatic N) is 4. The zero-order valence-corrected chi connectivity index (χ0v) is 13.4. The van der Waals surface area contributed by atoms with Crippen molar-refractivity contribution < 1.29 is 4.79 Å². The molecule has 0 aliphatic carbocycles. The lowest BCUT2D eigenvalue weighted by Crippen LogP contribution is -2.38. The fraction of sp³-hybridized carbons (Fsp3) is 0.158. The molecule has 6 heteroatoms. The number of benzene rings is 2. The number of hydrogen-bond acceptors (Lipinski definition) is 5. The van der Waals surface area contributed by atoms with Gasteiger partial charge in [0.1, 0.15) is 11.7 Å². The van der Waals surface area contributed by atoms with E-state index in [0.29, 0.717) is 5.56 Å². The van der Waals surface area contributed by atoms with Gasteiger partial charge >= 0.3 is 0 Å². The number of aliphatic imine (C=N–C) groups is 2. The van der Waals surface area contributed by atoms with Crippen LogP contribution in [0.1, 0.15) is 22.3 Å². The Bertz CT molecular complexity index is 1060. The Morgan fingerprint density at radius 2 is 2.12 bits per heavy atom. The third kappa shape index (κ3) is 2.26. The van der Waals surface area contributed by atoms with Gasteiger partial charge in [-0.25, -0.2) is 9.98 Å². The number of carbonyl (C=O) groups is 1. The van der Waals surface area contributed by atoms with E-state index in [1.54, 1.807) is 6.33 Å². The van der Waals surface area contributed by atoms with Crippen molar-refractivity contribution in [2.24, 2.45) is 9.98 Å². The number of aromatic amines is 1. The quantitative estimate of drug-likeness (QED) is 0.751. The Morgan fingerprint density at radius 1 is 1.20 bits per heavy atom. The van der Waals surface area contributed by atoms with Crippen LogP contribution < -0.4 is 0 Å². The molecule has 0 atom stereocenters. The van der Waals surface area contributed by atoms with E-state index in [9.17, 15) is 4.79 Å². The van der Waals surface area contributed by atoms with Crippen LogP contribution >= 0.6 is 0 Å². The summed E-state index contributed by atoms with van der Waals surface area (Å²) in [6.07, 6.45) is 1.89. The highest BCUT2D eigenvalue weighted by molar-refractivity contribution is 6.21. The van der Waals surface area contributed by atoms with E-state index in [0.717, 1.165) is 47.0 Å². The molecule has 0 saturated heterocycles. The minimum atomic E-state index is 0.0425. The van der Waals surface area contributed by atoms with E-state index < -0.39 is 0 Å². The van der Waals surface area contributed by atoms with Crippen molar-refractivity contribution >= 4 is 34.2 Å². The van der Waals surface area contributed by atoms with Crippen molar-refractivity contribution in [1.29, 1.82) is 0 Å². The van der Waals surface area contributed by atoms with Gasteiger partial charge in [-0.05, 0) is 30.3 Å². The molecule has 0 spiro atoms. The molecule has 3 heterocycles. The van der Waals surface area contributed by atoms with Gasteiger partial charge in [0.25, 0.3) is 0 Å². The number of nitrogens with one attached hydrogen (secondary N) is 1. The van der Waals surface area contributed by atoms with E-state index >= 15 is 0 Å². The summed E-state index contributed by atoms with van der Waals surface area (Å²) in [5.41, 5.74) is 4.30. The zero-order valence-electron chi connectivity index (χ0n) is 13.4. The molecule has 1 aromatic heterocycles. The van der Waals surface area contributed by atoms with Crippen molar-refractivity contribution in [2.75, 3.05) is 13.1 Å². The van der Waals surface area contributed by atoms with Crippen LogP contribution in [-0.2, 0) is 0 Å². The molecule has 6 nitrogen and oxygen atoms in total. The van der Waals surface area contributed by atoms with Crippen LogP contribution in [0.25, 0.3) is 11.0 Å². The summed E-state index contributed by atoms with van der Waals surface area (Å²) in [6, 6.07) is 13.5. The first-order valence-electron chi connectivity index (χ1n) is 8.25. The SMILES string of the molecule is O=C(CC1=Nc2ccccc2C2=NCCN12)c1ccc2nc[nH]c2c1. The van der Waals surface area contributed by atoms with Crippen LogP contribution in [0.5, 0.6) is 0 Å². The monoisotopic (exact) mass is 329 g/mol. The third-order valence-corrected chi connectivity index (χ3v) is 4.61. The number of ketones is 1. The highest BCUT2D eigenvalue weighted by Crippen LogP contribution is 2.29. The van der Waals surface area contributed by atoms with Gasteiger partial charge in [-0.15, -0.1) is 0 Å². The molecular formula is C19H15N5O. The Labute approximate surface area is 143 Å². The molecule has 0 fully saturated rings. The highest BCUT2D eigenvalue weighted by Gasteiger charge is 2.30. The Hall–Kier alpha value is -3.28. The van der Waals surface area contributed by atoms with Crippen LogP contribution in [-0.4, -0.2) is 45.4 Å². The summed E-state index contributed by atoms with van der Waals surface area (Å²) in [5.74, 6) is 1.74. The number of carbonyl (C=O) groups excluding carboxylic acids is 1. The Morgan fingerprint density at radius 3 is 3.08 bits per heavy atom. The van der Waals surface area contributed by atoms with E-state index in [4.69, 9.17) is 4.99 Å². The lowest BCUT2D eigenvalue weighted by Gasteiger charge is -2.27. The Balaban J connectivity index is 1.50. The molecule has 0 amide bonds. The van der Waals surface area contributed by atoms with Gasteiger partial charge < -0.3 is 9.88 Å². The largest absolute Gasteiger partial charge is 0.345 e. The first kappa shape index (κ1) is 14.1. The lowest BCUT2D eigenvalue weighted by atomic mass is 10.0. The predicted octanol–water partition coefficient (Wildman–Crippen LogP) is 2.94. The normalized spacial score (nSPS) is 15.6. The van der Waals surface area contributed by atoms with Crippen LogP contribution in [0, 0.1) is 0 Å². The summed E-state index contributed by atoms with van der Waals surface area (Å²) in [6.45, 7) is 1.51. The van der Waals surface area contributed by atoms with Gasteiger partial charge in [0.15, 0.2) is 5.78 Å². The maximum absolute atomic E-state index is 12.8. The predicted molar refractivity (Wildman–Crippen MR) is 96.7 cm³/mol. The van der Waals surface area contributed by atoms with Gasteiger partial charge in [0.05, 0.1) is 36.0 Å². The van der Waals surface area contributed by atoms with Gasteiger partial charge in [0.2, 0.25) is 0 Å². The molecular weight excluding hydrogens is 314 g/mol. The molecule has 2 aromatic carbocycles. The maximum Gasteiger partial charge on any atom is 0.170 e. The molecule has 122 valence electrons. The summed E-state index contributed by atoms with van der Waals surface area (Å²) in [7, 11) is 0. The van der Waals surface area contributed by atoms with Crippen LogP contribution in [0.4, 0.5) is 5.69 Å². The number of rotatable bonds is 3. The van der Waals surface area contributed by atoms with Crippen LogP contribution in [0.2, 0.25) is 0 Å². The number of fused-ring (bicyclic) bond motifs is 4. The minimum absolute atomic E-state index is 0.0425. The second kappa shape index (κ2) is 5.37. The second-order valence-electron chi connectivity index (χ2n) is 6.14. The average molecular weight is 329 g/mol. The molecule has 2 aliphatic heterocycles. The summed E-state index contributed by atoms with van der Waals surface area (Å²) in [5, 5.41) is 0. The minimum Gasteiger partial charge on any atom is -0.345 e. The molecule has 0 radical (unpaired) electrons. The van der Waals surface area contributed by atoms with Crippen molar-refractivity contribution in [1.82, 2.24) is 14.9 Å². The second-order valence-corrected chi connectivity index (χ2v) is 6.14. The standard InChI is InChI=1S/C19H15N5O/c25-17(12-5-6-15-16(9-12)22-11-21-15)10-18-23-14-4-2-1-3-13(14)19-20-7-8-24(18)19/h1-6,9,11H,7-8,10H2,(H,21,22). The smallest absolute Gasteiger partial charge is 0.170 e. The van der Waals surface area contributed by atoms with E-state index in [2.05, 4.69) is 19.9 Å². The molecule has 25 heavy (non-hydrogen) atoms. The van der Waals surface area contributed by atoms with Gasteiger partial charge in [-0.1, -0.05) is 12.1 Å². The molecule has 5 rings (SSSR count).